The van der Waals surface area contributed by atoms with Crippen molar-refractivity contribution in [2.45, 2.75) is 30.6 Å². The topological polar surface area (TPSA) is 114 Å². The van der Waals surface area contributed by atoms with Crippen molar-refractivity contribution in [3.8, 4) is 0 Å². The minimum Gasteiger partial charge on any atom is -0.668 e. The summed E-state index contributed by atoms with van der Waals surface area (Å²) in [4.78, 5) is 0. The van der Waals surface area contributed by atoms with Crippen LogP contribution in [0.15, 0.2) is 0 Å². The van der Waals surface area contributed by atoms with Gasteiger partial charge in [0.1, 0.15) is 18.5 Å². The molecule has 0 aromatic carbocycles. The molecule has 1 fully saturated rings. The third-order valence-electron chi connectivity index (χ3n) is 1.90. The predicted octanol–water partition coefficient (Wildman–Crippen LogP) is -2.16. The van der Waals surface area contributed by atoms with E-state index in [0.717, 1.165) is 0 Å². The molecule has 5 N–H and O–H groups in total. The van der Waals surface area contributed by atoms with Crippen molar-refractivity contribution in [1.82, 2.24) is 0 Å². The minimum atomic E-state index is -1.46. The molecule has 1 radical (unpaired) electrons. The first-order chi connectivity index (χ1) is 5.57. The monoisotopic (exact) mass is 405 g/mol. The minimum absolute atomic E-state index is 0. The summed E-state index contributed by atoms with van der Waals surface area (Å²) in [7, 11) is 0. The number of hydrogen-bond donors (Lipinski definition) is 4. The third-order valence-corrected chi connectivity index (χ3v) is 1.90. The summed E-state index contributed by atoms with van der Waals surface area (Å²) in [6, 6.07) is -1.29. The Morgan fingerprint density at radius 2 is 1.69 bits per heavy atom. The molecule has 7 heteroatoms. The Labute approximate surface area is 111 Å². The number of aliphatic hydroxyl groups is 4. The number of nitrogens with one attached hydrogen (secondary N) is 1. The number of ether oxygens (including phenoxy) is 1. The van der Waals surface area contributed by atoms with E-state index in [1.54, 1.807) is 0 Å². The van der Waals surface area contributed by atoms with Crippen molar-refractivity contribution in [3.05, 3.63) is 5.73 Å². The van der Waals surface area contributed by atoms with E-state index in [2.05, 4.69) is 4.74 Å². The molecule has 1 aliphatic rings. The van der Waals surface area contributed by atoms with E-state index in [4.69, 9.17) is 26.2 Å². The van der Waals surface area contributed by atoms with Crippen LogP contribution < -0.4 is 0 Å². The molecular formula is C6H12AcNO5-. The smallest absolute Gasteiger partial charge is 0.141 e. The Kier molecular flexibility index (Phi) is 6.48. The fourth-order valence-corrected chi connectivity index (χ4v) is 1.10. The van der Waals surface area contributed by atoms with Crippen LogP contribution in [0.4, 0.5) is 0 Å². The molecule has 0 saturated carbocycles. The zero-order chi connectivity index (χ0) is 9.30. The first kappa shape index (κ1) is 14.2. The molecule has 1 heterocycles. The van der Waals surface area contributed by atoms with E-state index >= 15 is 0 Å². The van der Waals surface area contributed by atoms with Gasteiger partial charge in [0.25, 0.3) is 0 Å². The molecule has 75 valence electrons. The van der Waals surface area contributed by atoms with Crippen molar-refractivity contribution >= 4 is 0 Å². The van der Waals surface area contributed by atoms with Gasteiger partial charge in [-0.25, -0.2) is 0 Å². The maximum Gasteiger partial charge on any atom is 0.141 e. The molecule has 0 amide bonds. The molecule has 1 aliphatic heterocycles. The van der Waals surface area contributed by atoms with Crippen LogP contribution in [0.3, 0.4) is 0 Å². The van der Waals surface area contributed by atoms with Crippen LogP contribution in [0, 0.1) is 44.1 Å². The Bertz CT molecular complexity index is 155. The summed E-state index contributed by atoms with van der Waals surface area (Å²) < 4.78 is 4.64. The Morgan fingerprint density at radius 1 is 1.15 bits per heavy atom. The molecule has 1 saturated heterocycles. The maximum atomic E-state index is 9.16. The summed E-state index contributed by atoms with van der Waals surface area (Å²) in [6.07, 6.45) is -5.18. The average molecular weight is 405 g/mol. The summed E-state index contributed by atoms with van der Waals surface area (Å²) in [5.74, 6) is 0. The van der Waals surface area contributed by atoms with Gasteiger partial charge in [0, 0.05) is 44.1 Å². The fraction of sp³-hybridized carbons (Fsp3) is 1.00. The Morgan fingerprint density at radius 3 is 2.15 bits per heavy atom. The van der Waals surface area contributed by atoms with Gasteiger partial charge in [-0.3, -0.25) is 0 Å². The fourth-order valence-electron chi connectivity index (χ4n) is 1.10. The molecule has 0 aliphatic carbocycles. The van der Waals surface area contributed by atoms with Gasteiger partial charge in [-0.2, -0.15) is 0 Å². The number of aliphatic hydroxyl groups excluding tert-OH is 4. The van der Waals surface area contributed by atoms with Gasteiger partial charge in [0.2, 0.25) is 0 Å². The second-order valence-corrected chi connectivity index (χ2v) is 2.75. The molecule has 0 bridgehead atoms. The second-order valence-electron chi connectivity index (χ2n) is 2.75. The number of rotatable bonds is 1. The Hall–Kier alpha value is 1.20. The van der Waals surface area contributed by atoms with Gasteiger partial charge in [-0.05, 0) is 0 Å². The van der Waals surface area contributed by atoms with E-state index < -0.39 is 37.3 Å². The molecule has 0 spiro atoms. The first-order valence-electron chi connectivity index (χ1n) is 3.59. The van der Waals surface area contributed by atoms with Gasteiger partial charge < -0.3 is 30.9 Å². The normalized spacial score (nSPS) is 45.5. The molecule has 5 atom stereocenters. The van der Waals surface area contributed by atoms with Crippen LogP contribution in [0.2, 0.25) is 0 Å². The zero-order valence-corrected chi connectivity index (χ0v) is 11.6. The molecule has 0 aromatic heterocycles. The van der Waals surface area contributed by atoms with Crippen LogP contribution in [0.1, 0.15) is 0 Å². The van der Waals surface area contributed by atoms with Crippen LogP contribution in [0.25, 0.3) is 5.73 Å². The van der Waals surface area contributed by atoms with E-state index in [1.165, 1.54) is 0 Å². The summed E-state index contributed by atoms with van der Waals surface area (Å²) in [5, 5.41) is 35.9. The molecule has 1 rings (SSSR count). The summed E-state index contributed by atoms with van der Waals surface area (Å²) in [5.41, 5.74) is 7.11. The van der Waals surface area contributed by atoms with Crippen LogP contribution >= 0.6 is 0 Å². The Balaban J connectivity index is 0.00000144. The molecule has 13 heavy (non-hydrogen) atoms. The van der Waals surface area contributed by atoms with E-state index in [-0.39, 0.29) is 44.1 Å². The average Bonchev–Trinajstić information content (AvgIpc) is 2.08. The summed E-state index contributed by atoms with van der Waals surface area (Å²) in [6.45, 7) is -0.498. The maximum absolute atomic E-state index is 9.16. The van der Waals surface area contributed by atoms with E-state index in [0.29, 0.717) is 0 Å². The van der Waals surface area contributed by atoms with Crippen LogP contribution in [0.5, 0.6) is 0 Å². The van der Waals surface area contributed by atoms with Crippen LogP contribution in [-0.4, -0.2) is 57.7 Å². The first-order valence-corrected chi connectivity index (χ1v) is 3.59. The number of hydrogen-bond acceptors (Lipinski definition) is 5. The van der Waals surface area contributed by atoms with Crippen molar-refractivity contribution in [2.24, 2.45) is 0 Å². The molecular weight excluding hydrogens is 393 g/mol. The van der Waals surface area contributed by atoms with Gasteiger partial charge in [-0.1, -0.05) is 6.04 Å². The second kappa shape index (κ2) is 5.93. The molecule has 6 nitrogen and oxygen atoms in total. The van der Waals surface area contributed by atoms with Crippen LogP contribution in [-0.2, 0) is 4.74 Å². The van der Waals surface area contributed by atoms with Gasteiger partial charge in [0.05, 0.1) is 12.7 Å². The quantitative estimate of drug-likeness (QED) is 0.397. The molecule has 2 unspecified atom stereocenters. The van der Waals surface area contributed by atoms with Gasteiger partial charge in [0.15, 0.2) is 0 Å². The van der Waals surface area contributed by atoms with E-state index in [9.17, 15) is 0 Å². The van der Waals surface area contributed by atoms with Crippen molar-refractivity contribution in [2.75, 3.05) is 6.61 Å². The largest absolute Gasteiger partial charge is 0.668 e. The van der Waals surface area contributed by atoms with Gasteiger partial charge in [-0.15, -0.1) is 0 Å². The standard InChI is InChI=1S/C6H12NO5.Ac/c7-3-5(10)4(9)2(1-8)12-6(3)11;/h2-11H,1H2;/q-1;/t2?,3?,4-,5-,6+;/m0./s1. The summed E-state index contributed by atoms with van der Waals surface area (Å²) >= 11 is 0. The van der Waals surface area contributed by atoms with Crippen molar-refractivity contribution in [1.29, 1.82) is 0 Å². The van der Waals surface area contributed by atoms with Crippen molar-refractivity contribution in [3.63, 3.8) is 0 Å². The SMILES string of the molecule is [Ac].[NH-]C1[C@H](O)OC(CO)[C@H](O)[C@H]1O. The zero-order valence-electron chi connectivity index (χ0n) is 6.87. The van der Waals surface area contributed by atoms with E-state index in [1.807, 2.05) is 0 Å². The third kappa shape index (κ3) is 3.08. The van der Waals surface area contributed by atoms with Gasteiger partial charge >= 0.3 is 0 Å². The molecule has 0 aromatic rings. The predicted molar refractivity (Wildman–Crippen MR) is 38.1 cm³/mol. The van der Waals surface area contributed by atoms with Crippen molar-refractivity contribution < 1.29 is 69.2 Å².